The van der Waals surface area contributed by atoms with Gasteiger partial charge in [0.1, 0.15) is 0 Å². The second kappa shape index (κ2) is 4.00. The fourth-order valence-corrected chi connectivity index (χ4v) is 6.62. The minimum Gasteiger partial charge on any atom is -0.325 e. The molecule has 0 aromatic rings. The molecule has 1 atom stereocenters. The number of hydrogen-bond donors (Lipinski definition) is 1. The third kappa shape index (κ3) is 2.07. The molecule has 2 N–H and O–H groups in total. The van der Waals surface area contributed by atoms with Crippen molar-refractivity contribution in [2.75, 3.05) is 0 Å². The second-order valence-electron chi connectivity index (χ2n) is 9.21. The van der Waals surface area contributed by atoms with Crippen LogP contribution in [-0.2, 0) is 0 Å². The van der Waals surface area contributed by atoms with Gasteiger partial charge >= 0.3 is 0 Å². The highest BCUT2D eigenvalue weighted by Gasteiger charge is 2.55. The van der Waals surface area contributed by atoms with Crippen molar-refractivity contribution in [3.8, 4) is 0 Å². The van der Waals surface area contributed by atoms with E-state index in [2.05, 4.69) is 13.8 Å². The Hall–Kier alpha value is -0.0400. The van der Waals surface area contributed by atoms with Gasteiger partial charge in [-0.2, -0.15) is 0 Å². The van der Waals surface area contributed by atoms with Crippen LogP contribution in [0.2, 0.25) is 0 Å². The Balaban J connectivity index is 1.55. The molecule has 5 fully saturated rings. The van der Waals surface area contributed by atoms with Crippen LogP contribution in [0, 0.1) is 35.0 Å². The molecular weight excluding hydrogens is 230 g/mol. The molecule has 5 aliphatic carbocycles. The molecule has 0 amide bonds. The third-order valence-corrected chi connectivity index (χ3v) is 7.19. The maximum Gasteiger partial charge on any atom is 0.0186 e. The van der Waals surface area contributed by atoms with Crippen molar-refractivity contribution in [2.24, 2.45) is 40.7 Å². The van der Waals surface area contributed by atoms with E-state index < -0.39 is 0 Å². The molecule has 19 heavy (non-hydrogen) atoms. The van der Waals surface area contributed by atoms with E-state index >= 15 is 0 Å². The molecule has 0 spiro atoms. The Morgan fingerprint density at radius 3 is 1.79 bits per heavy atom. The number of rotatable bonds is 4. The van der Waals surface area contributed by atoms with Gasteiger partial charge in [0, 0.05) is 5.54 Å². The standard InChI is InChI=1S/C18H31N/c1-12(2)16(18(19)3-4-18)11-17-8-13-5-14(9-17)7-15(6-13)10-17/h12-16H,3-11,19H2,1-2H3. The molecule has 5 rings (SSSR count). The summed E-state index contributed by atoms with van der Waals surface area (Å²) in [6.45, 7) is 4.83. The Morgan fingerprint density at radius 1 is 0.947 bits per heavy atom. The molecular formula is C18H31N. The lowest BCUT2D eigenvalue weighted by atomic mass is 9.47. The zero-order valence-corrected chi connectivity index (χ0v) is 12.8. The molecule has 5 aliphatic rings. The van der Waals surface area contributed by atoms with Crippen LogP contribution in [0.4, 0.5) is 0 Å². The summed E-state index contributed by atoms with van der Waals surface area (Å²) in [5.41, 5.74) is 7.58. The van der Waals surface area contributed by atoms with E-state index in [0.29, 0.717) is 0 Å². The predicted octanol–water partition coefficient (Wildman–Crippen LogP) is 4.36. The minimum atomic E-state index is 0.234. The van der Waals surface area contributed by atoms with Gasteiger partial charge < -0.3 is 5.73 Å². The first-order valence-corrected chi connectivity index (χ1v) is 8.77. The van der Waals surface area contributed by atoms with Gasteiger partial charge in [-0.3, -0.25) is 0 Å². The highest BCUT2D eigenvalue weighted by Crippen LogP contribution is 2.63. The number of nitrogens with two attached hydrogens (primary N) is 1. The summed E-state index contributed by atoms with van der Waals surface area (Å²) in [6, 6.07) is 0. The first kappa shape index (κ1) is 12.7. The molecule has 1 unspecified atom stereocenters. The zero-order valence-electron chi connectivity index (χ0n) is 12.8. The SMILES string of the molecule is CC(C)C(CC12CC3CC(CC(C3)C1)C2)C1(N)CC1. The summed E-state index contributed by atoms with van der Waals surface area (Å²) >= 11 is 0. The quantitative estimate of drug-likeness (QED) is 0.799. The van der Waals surface area contributed by atoms with Crippen LogP contribution < -0.4 is 5.73 Å². The maximum atomic E-state index is 6.62. The van der Waals surface area contributed by atoms with Crippen LogP contribution in [0.5, 0.6) is 0 Å². The van der Waals surface area contributed by atoms with Crippen LogP contribution in [0.15, 0.2) is 0 Å². The van der Waals surface area contributed by atoms with Gasteiger partial charge in [-0.15, -0.1) is 0 Å². The van der Waals surface area contributed by atoms with Crippen LogP contribution in [0.3, 0.4) is 0 Å². The summed E-state index contributed by atoms with van der Waals surface area (Å²) in [7, 11) is 0. The van der Waals surface area contributed by atoms with Crippen molar-refractivity contribution in [3.63, 3.8) is 0 Å². The largest absolute Gasteiger partial charge is 0.325 e. The Labute approximate surface area is 118 Å². The molecule has 5 saturated carbocycles. The molecule has 4 bridgehead atoms. The molecule has 0 aromatic heterocycles. The summed E-state index contributed by atoms with van der Waals surface area (Å²) in [5.74, 6) is 4.84. The van der Waals surface area contributed by atoms with Crippen molar-refractivity contribution in [3.05, 3.63) is 0 Å². The van der Waals surface area contributed by atoms with E-state index in [9.17, 15) is 0 Å². The van der Waals surface area contributed by atoms with Crippen molar-refractivity contribution >= 4 is 0 Å². The monoisotopic (exact) mass is 261 g/mol. The van der Waals surface area contributed by atoms with Crippen LogP contribution >= 0.6 is 0 Å². The Morgan fingerprint density at radius 2 is 1.42 bits per heavy atom. The molecule has 1 heteroatoms. The van der Waals surface area contributed by atoms with E-state index in [4.69, 9.17) is 5.73 Å². The summed E-state index contributed by atoms with van der Waals surface area (Å²) in [6.07, 6.45) is 13.4. The summed E-state index contributed by atoms with van der Waals surface area (Å²) in [4.78, 5) is 0. The lowest BCUT2D eigenvalue weighted by molar-refractivity contribution is -0.0712. The van der Waals surface area contributed by atoms with E-state index in [0.717, 1.165) is 35.0 Å². The highest BCUT2D eigenvalue weighted by atomic mass is 14.8. The second-order valence-corrected chi connectivity index (χ2v) is 9.21. The van der Waals surface area contributed by atoms with Gasteiger partial charge in [0.25, 0.3) is 0 Å². The van der Waals surface area contributed by atoms with Gasteiger partial charge in [0.15, 0.2) is 0 Å². The molecule has 1 nitrogen and oxygen atoms in total. The predicted molar refractivity (Wildman–Crippen MR) is 79.7 cm³/mol. The maximum absolute atomic E-state index is 6.62. The molecule has 0 heterocycles. The fourth-order valence-electron chi connectivity index (χ4n) is 6.62. The van der Waals surface area contributed by atoms with Gasteiger partial charge in [-0.1, -0.05) is 13.8 Å². The normalized spacial score (nSPS) is 47.7. The lowest BCUT2D eigenvalue weighted by Gasteiger charge is -2.58. The van der Waals surface area contributed by atoms with Crippen molar-refractivity contribution in [1.82, 2.24) is 0 Å². The van der Waals surface area contributed by atoms with Crippen molar-refractivity contribution < 1.29 is 0 Å². The lowest BCUT2D eigenvalue weighted by Crippen LogP contribution is -2.49. The van der Waals surface area contributed by atoms with Crippen molar-refractivity contribution in [2.45, 2.75) is 77.2 Å². The first-order chi connectivity index (χ1) is 8.98. The molecule has 0 aliphatic heterocycles. The van der Waals surface area contributed by atoms with E-state index in [-0.39, 0.29) is 5.54 Å². The molecule has 0 aromatic carbocycles. The minimum absolute atomic E-state index is 0.234. The van der Waals surface area contributed by atoms with Gasteiger partial charge in [0.2, 0.25) is 0 Å². The first-order valence-electron chi connectivity index (χ1n) is 8.77. The van der Waals surface area contributed by atoms with E-state index in [1.165, 1.54) is 19.3 Å². The smallest absolute Gasteiger partial charge is 0.0186 e. The molecule has 0 radical (unpaired) electrons. The fraction of sp³-hybridized carbons (Fsp3) is 1.00. The molecule has 0 saturated heterocycles. The average molecular weight is 261 g/mol. The van der Waals surface area contributed by atoms with Crippen LogP contribution in [-0.4, -0.2) is 5.54 Å². The Bertz CT molecular complexity index is 331. The summed E-state index contributed by atoms with van der Waals surface area (Å²) in [5, 5.41) is 0. The van der Waals surface area contributed by atoms with E-state index in [1.807, 2.05) is 0 Å². The van der Waals surface area contributed by atoms with Gasteiger partial charge in [-0.05, 0) is 92.8 Å². The average Bonchev–Trinajstić information content (AvgIpc) is 3.03. The van der Waals surface area contributed by atoms with Gasteiger partial charge in [-0.25, -0.2) is 0 Å². The number of hydrogen-bond acceptors (Lipinski definition) is 1. The van der Waals surface area contributed by atoms with Crippen molar-refractivity contribution in [1.29, 1.82) is 0 Å². The van der Waals surface area contributed by atoms with Gasteiger partial charge in [0.05, 0.1) is 0 Å². The topological polar surface area (TPSA) is 26.0 Å². The highest BCUT2D eigenvalue weighted by molar-refractivity contribution is 5.09. The van der Waals surface area contributed by atoms with Crippen LogP contribution in [0.1, 0.15) is 71.6 Å². The molecule has 108 valence electrons. The zero-order chi connectivity index (χ0) is 13.3. The van der Waals surface area contributed by atoms with Crippen LogP contribution in [0.25, 0.3) is 0 Å². The Kier molecular flexibility index (Phi) is 2.67. The third-order valence-electron chi connectivity index (χ3n) is 7.19. The summed E-state index contributed by atoms with van der Waals surface area (Å²) < 4.78 is 0. The van der Waals surface area contributed by atoms with E-state index in [1.54, 1.807) is 38.5 Å².